The van der Waals surface area contributed by atoms with Crippen LogP contribution in [0.4, 0.5) is 13.2 Å². The van der Waals surface area contributed by atoms with Crippen molar-refractivity contribution in [1.82, 2.24) is 9.88 Å². The standard InChI is InChI=1S/C21H27Cl2N3.C2HF3O2/c22-20-9-7-18(8-10-20)14-26(15-19-2-1-11-25-21(19)23)13-17-5-3-16(12-24)4-6-17;3-2(4,5)1(6)7/h1-2,7-11,16-17H,3-6,12-15,24H2;(H,6,7). The van der Waals surface area contributed by atoms with E-state index < -0.39 is 12.1 Å². The normalized spacial score (nSPS) is 18.5. The molecule has 10 heteroatoms. The number of carbonyl (C=O) groups is 1. The molecule has 0 spiro atoms. The molecule has 0 aliphatic heterocycles. The topological polar surface area (TPSA) is 79.5 Å². The van der Waals surface area contributed by atoms with Crippen molar-refractivity contribution < 1.29 is 23.1 Å². The molecule has 1 aliphatic carbocycles. The van der Waals surface area contributed by atoms with E-state index in [1.807, 2.05) is 18.2 Å². The van der Waals surface area contributed by atoms with E-state index in [0.717, 1.165) is 42.7 Å². The number of benzene rings is 1. The zero-order valence-electron chi connectivity index (χ0n) is 18.1. The number of nitrogens with zero attached hydrogens (tertiary/aromatic N) is 2. The number of halogens is 5. The molecular formula is C23H28Cl2F3N3O2. The molecule has 5 nitrogen and oxygen atoms in total. The maximum atomic E-state index is 10.6. The third-order valence-electron chi connectivity index (χ3n) is 5.61. The molecule has 182 valence electrons. The Morgan fingerprint density at radius 2 is 1.64 bits per heavy atom. The molecule has 0 amide bonds. The van der Waals surface area contributed by atoms with Crippen LogP contribution in [0.25, 0.3) is 0 Å². The van der Waals surface area contributed by atoms with Gasteiger partial charge in [0.1, 0.15) is 5.15 Å². The number of aromatic nitrogens is 1. The van der Waals surface area contributed by atoms with Crippen LogP contribution in [0.3, 0.4) is 0 Å². The van der Waals surface area contributed by atoms with Gasteiger partial charge in [-0.05, 0) is 67.8 Å². The number of rotatable bonds is 7. The highest BCUT2D eigenvalue weighted by Gasteiger charge is 2.38. The van der Waals surface area contributed by atoms with Crippen molar-refractivity contribution in [3.63, 3.8) is 0 Å². The molecule has 3 N–H and O–H groups in total. The molecule has 33 heavy (non-hydrogen) atoms. The van der Waals surface area contributed by atoms with Gasteiger partial charge < -0.3 is 10.8 Å². The van der Waals surface area contributed by atoms with Gasteiger partial charge in [-0.15, -0.1) is 0 Å². The molecule has 1 aromatic heterocycles. The number of carboxylic acid groups (broad SMARTS) is 1. The molecule has 0 atom stereocenters. The lowest BCUT2D eigenvalue weighted by molar-refractivity contribution is -0.192. The summed E-state index contributed by atoms with van der Waals surface area (Å²) in [5, 5.41) is 8.50. The Hall–Kier alpha value is -1.87. The molecule has 0 radical (unpaired) electrons. The van der Waals surface area contributed by atoms with E-state index in [-0.39, 0.29) is 0 Å². The smallest absolute Gasteiger partial charge is 0.475 e. The summed E-state index contributed by atoms with van der Waals surface area (Å²) in [6, 6.07) is 12.1. The molecule has 1 aliphatic rings. The van der Waals surface area contributed by atoms with Crippen molar-refractivity contribution in [1.29, 1.82) is 0 Å². The van der Waals surface area contributed by atoms with E-state index in [1.165, 1.54) is 31.2 Å². The fourth-order valence-corrected chi connectivity index (χ4v) is 4.13. The second-order valence-electron chi connectivity index (χ2n) is 8.17. The van der Waals surface area contributed by atoms with Crippen LogP contribution in [0.2, 0.25) is 10.2 Å². The Kier molecular flexibility index (Phi) is 10.9. The van der Waals surface area contributed by atoms with Crippen LogP contribution >= 0.6 is 23.2 Å². The Labute approximate surface area is 201 Å². The minimum Gasteiger partial charge on any atom is -0.475 e. The average molecular weight is 506 g/mol. The van der Waals surface area contributed by atoms with Gasteiger partial charge in [0.2, 0.25) is 0 Å². The van der Waals surface area contributed by atoms with Crippen molar-refractivity contribution in [2.24, 2.45) is 17.6 Å². The van der Waals surface area contributed by atoms with E-state index >= 15 is 0 Å². The zero-order chi connectivity index (χ0) is 24.4. The van der Waals surface area contributed by atoms with E-state index in [1.54, 1.807) is 6.20 Å². The van der Waals surface area contributed by atoms with Crippen LogP contribution in [0.15, 0.2) is 42.6 Å². The summed E-state index contributed by atoms with van der Waals surface area (Å²) < 4.78 is 31.7. The fraction of sp³-hybridized carbons (Fsp3) is 0.478. The van der Waals surface area contributed by atoms with Gasteiger partial charge in [-0.2, -0.15) is 13.2 Å². The molecule has 1 saturated carbocycles. The van der Waals surface area contributed by atoms with E-state index in [9.17, 15) is 13.2 Å². The summed E-state index contributed by atoms with van der Waals surface area (Å²) in [5.41, 5.74) is 8.19. The van der Waals surface area contributed by atoms with Crippen molar-refractivity contribution in [3.05, 3.63) is 63.9 Å². The number of alkyl halides is 3. The highest BCUT2D eigenvalue weighted by atomic mass is 35.5. The summed E-state index contributed by atoms with van der Waals surface area (Å²) in [7, 11) is 0. The third kappa shape index (κ3) is 9.88. The first-order chi connectivity index (χ1) is 15.6. The lowest BCUT2D eigenvalue weighted by Crippen LogP contribution is -2.32. The molecular weight excluding hydrogens is 478 g/mol. The van der Waals surface area contributed by atoms with Gasteiger partial charge in [-0.3, -0.25) is 4.90 Å². The fourth-order valence-electron chi connectivity index (χ4n) is 3.83. The monoisotopic (exact) mass is 505 g/mol. The highest BCUT2D eigenvalue weighted by Crippen LogP contribution is 2.30. The molecule has 1 fully saturated rings. The summed E-state index contributed by atoms with van der Waals surface area (Å²) in [6.45, 7) is 3.60. The van der Waals surface area contributed by atoms with Gasteiger partial charge >= 0.3 is 12.1 Å². The highest BCUT2D eigenvalue weighted by molar-refractivity contribution is 6.30. The minimum atomic E-state index is -5.08. The summed E-state index contributed by atoms with van der Waals surface area (Å²) in [4.78, 5) is 15.6. The summed E-state index contributed by atoms with van der Waals surface area (Å²) >= 11 is 12.3. The second-order valence-corrected chi connectivity index (χ2v) is 8.97. The SMILES string of the molecule is NCC1CCC(CN(Cc2ccc(Cl)cc2)Cc2cccnc2Cl)CC1.O=C(O)C(F)(F)F. The number of nitrogens with two attached hydrogens (primary N) is 1. The lowest BCUT2D eigenvalue weighted by Gasteiger charge is -2.32. The molecule has 2 aromatic rings. The van der Waals surface area contributed by atoms with E-state index in [4.69, 9.17) is 38.8 Å². The molecule has 0 bridgehead atoms. The van der Waals surface area contributed by atoms with Crippen molar-refractivity contribution in [3.8, 4) is 0 Å². The third-order valence-corrected chi connectivity index (χ3v) is 6.20. The van der Waals surface area contributed by atoms with Gasteiger partial charge in [0.25, 0.3) is 0 Å². The van der Waals surface area contributed by atoms with Gasteiger partial charge in [0.15, 0.2) is 0 Å². The first-order valence-electron chi connectivity index (χ1n) is 10.6. The summed E-state index contributed by atoms with van der Waals surface area (Å²) in [6.07, 6.45) is 1.69. The van der Waals surface area contributed by atoms with Crippen LogP contribution < -0.4 is 5.73 Å². The summed E-state index contributed by atoms with van der Waals surface area (Å²) in [5.74, 6) is -1.32. The Balaban J connectivity index is 0.000000479. The van der Waals surface area contributed by atoms with Crippen LogP contribution in [0.1, 0.15) is 36.8 Å². The number of hydrogen-bond donors (Lipinski definition) is 2. The Morgan fingerprint density at radius 1 is 1.06 bits per heavy atom. The number of carboxylic acids is 1. The zero-order valence-corrected chi connectivity index (χ0v) is 19.6. The molecule has 0 unspecified atom stereocenters. The van der Waals surface area contributed by atoms with Crippen LogP contribution in [-0.2, 0) is 17.9 Å². The van der Waals surface area contributed by atoms with Crippen molar-refractivity contribution in [2.45, 2.75) is 44.9 Å². The Bertz CT molecular complexity index is 874. The average Bonchev–Trinajstić information content (AvgIpc) is 2.77. The van der Waals surface area contributed by atoms with Crippen molar-refractivity contribution in [2.75, 3.05) is 13.1 Å². The number of pyridine rings is 1. The van der Waals surface area contributed by atoms with Gasteiger partial charge in [0, 0.05) is 36.4 Å². The lowest BCUT2D eigenvalue weighted by atomic mass is 9.82. The molecule has 3 rings (SSSR count). The first kappa shape index (κ1) is 27.4. The van der Waals surface area contributed by atoms with Crippen LogP contribution in [0.5, 0.6) is 0 Å². The first-order valence-corrected chi connectivity index (χ1v) is 11.4. The van der Waals surface area contributed by atoms with Crippen LogP contribution in [-0.4, -0.2) is 40.2 Å². The second kappa shape index (κ2) is 13.1. The van der Waals surface area contributed by atoms with Gasteiger partial charge in [-0.25, -0.2) is 9.78 Å². The Morgan fingerprint density at radius 3 is 2.15 bits per heavy atom. The van der Waals surface area contributed by atoms with E-state index in [0.29, 0.717) is 11.1 Å². The number of aliphatic carboxylic acids is 1. The van der Waals surface area contributed by atoms with Crippen LogP contribution in [0, 0.1) is 11.8 Å². The molecule has 1 aromatic carbocycles. The predicted octanol–water partition coefficient (Wildman–Crippen LogP) is 5.79. The van der Waals surface area contributed by atoms with Gasteiger partial charge in [0.05, 0.1) is 0 Å². The van der Waals surface area contributed by atoms with Crippen molar-refractivity contribution >= 4 is 29.2 Å². The predicted molar refractivity (Wildman–Crippen MR) is 123 cm³/mol. The maximum Gasteiger partial charge on any atom is 0.490 e. The minimum absolute atomic E-state index is 0.598. The van der Waals surface area contributed by atoms with E-state index in [2.05, 4.69) is 28.1 Å². The molecule has 0 saturated heterocycles. The number of hydrogen-bond acceptors (Lipinski definition) is 4. The van der Waals surface area contributed by atoms with Gasteiger partial charge in [-0.1, -0.05) is 41.4 Å². The maximum absolute atomic E-state index is 10.6. The molecule has 1 heterocycles. The largest absolute Gasteiger partial charge is 0.490 e. The quantitative estimate of drug-likeness (QED) is 0.465.